The van der Waals surface area contributed by atoms with Crippen LogP contribution in [-0.2, 0) is 11.2 Å². The molecular weight excluding hydrogens is 384 g/mol. The van der Waals surface area contributed by atoms with Crippen molar-refractivity contribution in [1.29, 1.82) is 0 Å². The van der Waals surface area contributed by atoms with E-state index in [0.717, 1.165) is 22.3 Å². The zero-order chi connectivity index (χ0) is 21.1. The number of carbonyl (C=O) groups excluding carboxylic acids is 2. The number of aromatic amines is 1. The number of fused-ring (bicyclic) bond motifs is 2. The van der Waals surface area contributed by atoms with Crippen LogP contribution in [0.2, 0.25) is 0 Å². The summed E-state index contributed by atoms with van der Waals surface area (Å²) in [7, 11) is 0. The number of rotatable bonds is 4. The van der Waals surface area contributed by atoms with Crippen molar-refractivity contribution in [2.75, 3.05) is 0 Å². The summed E-state index contributed by atoms with van der Waals surface area (Å²) >= 11 is 0. The molecule has 0 saturated heterocycles. The van der Waals surface area contributed by atoms with E-state index in [-0.39, 0.29) is 5.69 Å². The predicted molar refractivity (Wildman–Crippen MR) is 113 cm³/mol. The molecule has 2 amide bonds. The van der Waals surface area contributed by atoms with Gasteiger partial charge in [-0.3, -0.25) is 25.2 Å². The van der Waals surface area contributed by atoms with Gasteiger partial charge in [0, 0.05) is 28.8 Å². The zero-order valence-corrected chi connectivity index (χ0v) is 16.1. The Morgan fingerprint density at radius 1 is 1.03 bits per heavy atom. The molecule has 0 radical (unpaired) electrons. The summed E-state index contributed by atoms with van der Waals surface area (Å²) < 4.78 is 5.80. The molecule has 2 aromatic heterocycles. The normalized spacial score (nSPS) is 11.2. The first-order valence-electron chi connectivity index (χ1n) is 9.34. The average molecular weight is 402 g/mol. The molecule has 150 valence electrons. The van der Waals surface area contributed by atoms with Gasteiger partial charge in [-0.05, 0) is 18.2 Å². The van der Waals surface area contributed by atoms with Gasteiger partial charge in [0.15, 0.2) is 5.69 Å². The minimum atomic E-state index is -0.646. The van der Waals surface area contributed by atoms with Crippen LogP contribution in [0.1, 0.15) is 28.7 Å². The van der Waals surface area contributed by atoms with Crippen LogP contribution in [-0.4, -0.2) is 22.0 Å². The van der Waals surface area contributed by atoms with Crippen LogP contribution < -0.4 is 16.4 Å². The molecule has 0 fully saturated rings. The standard InChI is InChI=1S/C22H18N4O4/c1-2-17-14(13-7-5-6-10-18(13)30-17)11-12-19(27)23-26-22(29)20-15-8-3-4-9-16(15)21(28)25-24-20/h3-12H,2H2,1H3,(H,23,27)(H,25,28)(H,26,29)/b12-11+. The van der Waals surface area contributed by atoms with E-state index >= 15 is 0 Å². The van der Waals surface area contributed by atoms with E-state index in [9.17, 15) is 14.4 Å². The molecule has 3 N–H and O–H groups in total. The number of hydrogen-bond donors (Lipinski definition) is 3. The van der Waals surface area contributed by atoms with Crippen LogP contribution in [0.25, 0.3) is 27.8 Å². The lowest BCUT2D eigenvalue weighted by Crippen LogP contribution is -2.41. The quantitative estimate of drug-likeness (QED) is 0.358. The molecule has 0 aliphatic carbocycles. The number of nitrogens with one attached hydrogen (secondary N) is 3. The Kier molecular flexibility index (Phi) is 5.13. The Hall–Kier alpha value is -4.20. The number of amides is 2. The topological polar surface area (TPSA) is 117 Å². The summed E-state index contributed by atoms with van der Waals surface area (Å²) in [6.07, 6.45) is 3.65. The summed E-state index contributed by atoms with van der Waals surface area (Å²) in [6.45, 7) is 1.97. The van der Waals surface area contributed by atoms with Gasteiger partial charge >= 0.3 is 0 Å². The van der Waals surface area contributed by atoms with Crippen molar-refractivity contribution in [1.82, 2.24) is 21.0 Å². The van der Waals surface area contributed by atoms with E-state index in [0.29, 0.717) is 17.2 Å². The number of carbonyl (C=O) groups is 2. The number of hydrazine groups is 1. The first-order chi connectivity index (χ1) is 14.6. The molecular formula is C22H18N4O4. The van der Waals surface area contributed by atoms with Gasteiger partial charge in [0.2, 0.25) is 0 Å². The Morgan fingerprint density at radius 2 is 1.73 bits per heavy atom. The highest BCUT2D eigenvalue weighted by Gasteiger charge is 2.14. The van der Waals surface area contributed by atoms with Crippen molar-refractivity contribution < 1.29 is 14.0 Å². The third-order valence-electron chi connectivity index (χ3n) is 4.64. The number of nitrogens with zero attached hydrogens (tertiary/aromatic N) is 1. The second kappa shape index (κ2) is 8.04. The fraction of sp³-hybridized carbons (Fsp3) is 0.0909. The van der Waals surface area contributed by atoms with Gasteiger partial charge in [-0.2, -0.15) is 5.10 Å². The highest BCUT2D eigenvalue weighted by Crippen LogP contribution is 2.27. The monoisotopic (exact) mass is 402 g/mol. The lowest BCUT2D eigenvalue weighted by molar-refractivity contribution is -0.117. The molecule has 2 aromatic carbocycles. The number of benzene rings is 2. The molecule has 0 aliphatic heterocycles. The van der Waals surface area contributed by atoms with E-state index in [4.69, 9.17) is 4.42 Å². The largest absolute Gasteiger partial charge is 0.460 e. The summed E-state index contributed by atoms with van der Waals surface area (Å²) in [5.74, 6) is -0.398. The number of aryl methyl sites for hydroxylation is 1. The Morgan fingerprint density at radius 3 is 2.50 bits per heavy atom. The van der Waals surface area contributed by atoms with Gasteiger partial charge in [0.1, 0.15) is 11.3 Å². The SMILES string of the molecule is CCc1oc2ccccc2c1/C=C/C(=O)NNC(=O)c1n[nH]c(=O)c2ccccc12. The van der Waals surface area contributed by atoms with Gasteiger partial charge in [0.25, 0.3) is 17.4 Å². The molecule has 8 heteroatoms. The lowest BCUT2D eigenvalue weighted by Gasteiger charge is -2.06. The highest BCUT2D eigenvalue weighted by molar-refractivity contribution is 6.05. The number of aromatic nitrogens is 2. The second-order valence-corrected chi connectivity index (χ2v) is 6.51. The maximum atomic E-state index is 12.4. The number of para-hydroxylation sites is 1. The van der Waals surface area contributed by atoms with Crippen LogP contribution in [0.4, 0.5) is 0 Å². The van der Waals surface area contributed by atoms with Crippen molar-refractivity contribution >= 4 is 39.6 Å². The summed E-state index contributed by atoms with van der Waals surface area (Å²) in [5.41, 5.74) is 5.81. The molecule has 0 aliphatic rings. The summed E-state index contributed by atoms with van der Waals surface area (Å²) in [5, 5.41) is 7.71. The van der Waals surface area contributed by atoms with Crippen molar-refractivity contribution in [2.24, 2.45) is 0 Å². The van der Waals surface area contributed by atoms with Gasteiger partial charge < -0.3 is 4.42 Å². The molecule has 0 atom stereocenters. The summed E-state index contributed by atoms with van der Waals surface area (Å²) in [4.78, 5) is 36.5. The first kappa shape index (κ1) is 19.1. The lowest BCUT2D eigenvalue weighted by atomic mass is 10.1. The van der Waals surface area contributed by atoms with Gasteiger partial charge in [0.05, 0.1) is 5.39 Å². The Balaban J connectivity index is 1.49. The molecule has 2 heterocycles. The smallest absolute Gasteiger partial charge is 0.290 e. The fourth-order valence-corrected chi connectivity index (χ4v) is 3.23. The van der Waals surface area contributed by atoms with Gasteiger partial charge in [-0.15, -0.1) is 0 Å². The van der Waals surface area contributed by atoms with E-state index in [2.05, 4.69) is 21.0 Å². The van der Waals surface area contributed by atoms with Crippen molar-refractivity contribution in [3.8, 4) is 0 Å². The number of furan rings is 1. The van der Waals surface area contributed by atoms with E-state index in [1.54, 1.807) is 30.3 Å². The first-order valence-corrected chi connectivity index (χ1v) is 9.34. The van der Waals surface area contributed by atoms with Gasteiger partial charge in [-0.1, -0.05) is 43.3 Å². The second-order valence-electron chi connectivity index (χ2n) is 6.51. The maximum absolute atomic E-state index is 12.4. The molecule has 0 unspecified atom stereocenters. The molecule has 30 heavy (non-hydrogen) atoms. The number of H-pyrrole nitrogens is 1. The van der Waals surface area contributed by atoms with E-state index in [1.807, 2.05) is 31.2 Å². The van der Waals surface area contributed by atoms with Crippen LogP contribution in [0.5, 0.6) is 0 Å². The molecule has 0 saturated carbocycles. The van der Waals surface area contributed by atoms with E-state index in [1.165, 1.54) is 6.08 Å². The van der Waals surface area contributed by atoms with E-state index < -0.39 is 17.4 Å². The molecule has 4 rings (SSSR count). The van der Waals surface area contributed by atoms with Crippen LogP contribution in [0.3, 0.4) is 0 Å². The molecule has 0 bridgehead atoms. The Bertz CT molecular complexity index is 1350. The zero-order valence-electron chi connectivity index (χ0n) is 16.1. The average Bonchev–Trinajstić information content (AvgIpc) is 3.14. The van der Waals surface area contributed by atoms with Crippen LogP contribution in [0.15, 0.2) is 63.8 Å². The minimum Gasteiger partial charge on any atom is -0.460 e. The fourth-order valence-electron chi connectivity index (χ4n) is 3.23. The minimum absolute atomic E-state index is 0.00331. The third kappa shape index (κ3) is 3.58. The molecule has 8 nitrogen and oxygen atoms in total. The van der Waals surface area contributed by atoms with Gasteiger partial charge in [-0.25, -0.2) is 5.10 Å². The number of hydrogen-bond acceptors (Lipinski definition) is 5. The maximum Gasteiger partial charge on any atom is 0.290 e. The predicted octanol–water partition coefficient (Wildman–Crippen LogP) is 2.71. The highest BCUT2D eigenvalue weighted by atomic mass is 16.3. The van der Waals surface area contributed by atoms with Crippen molar-refractivity contribution in [3.05, 3.63) is 82.0 Å². The molecule has 0 spiro atoms. The van der Waals surface area contributed by atoms with Crippen LogP contribution in [0, 0.1) is 0 Å². The summed E-state index contributed by atoms with van der Waals surface area (Å²) in [6, 6.07) is 14.2. The Labute approximate surface area is 170 Å². The van der Waals surface area contributed by atoms with Crippen molar-refractivity contribution in [3.63, 3.8) is 0 Å². The molecule has 4 aromatic rings. The van der Waals surface area contributed by atoms with Crippen LogP contribution >= 0.6 is 0 Å². The van der Waals surface area contributed by atoms with Crippen molar-refractivity contribution in [2.45, 2.75) is 13.3 Å². The third-order valence-corrected chi connectivity index (χ3v) is 4.64.